The quantitative estimate of drug-likeness (QED) is 0.809. The lowest BCUT2D eigenvalue weighted by Gasteiger charge is -2.35. The van der Waals surface area contributed by atoms with Crippen LogP contribution < -0.4 is 15.5 Å². The molecule has 0 spiro atoms. The number of urea groups is 1. The van der Waals surface area contributed by atoms with E-state index in [0.29, 0.717) is 36.5 Å². The minimum atomic E-state index is -0.484. The third kappa shape index (κ3) is 5.14. The van der Waals surface area contributed by atoms with E-state index < -0.39 is 6.04 Å². The van der Waals surface area contributed by atoms with Gasteiger partial charge in [0.1, 0.15) is 6.04 Å². The van der Waals surface area contributed by atoms with E-state index in [4.69, 9.17) is 11.6 Å². The SMILES string of the molecule is CC(C)N1CCC[C@H](CNC(=O)N[C@H]2CCN(c3cccc(Cl)c3)C2=O)C1. The van der Waals surface area contributed by atoms with Gasteiger partial charge in [0, 0.05) is 36.4 Å². The van der Waals surface area contributed by atoms with E-state index in [0.717, 1.165) is 25.2 Å². The average molecular weight is 393 g/mol. The van der Waals surface area contributed by atoms with Gasteiger partial charge in [0.25, 0.3) is 0 Å². The predicted octanol–water partition coefficient (Wildman–Crippen LogP) is 2.86. The van der Waals surface area contributed by atoms with Crippen molar-refractivity contribution < 1.29 is 9.59 Å². The number of nitrogens with one attached hydrogen (secondary N) is 2. The van der Waals surface area contributed by atoms with Gasteiger partial charge in [-0.3, -0.25) is 4.79 Å². The Morgan fingerprint density at radius 1 is 1.30 bits per heavy atom. The molecule has 1 aromatic rings. The molecule has 3 amide bonds. The fraction of sp³-hybridized carbons (Fsp3) is 0.600. The lowest BCUT2D eigenvalue weighted by atomic mass is 9.97. The van der Waals surface area contributed by atoms with Crippen LogP contribution in [-0.4, -0.2) is 55.1 Å². The highest BCUT2D eigenvalue weighted by molar-refractivity contribution is 6.31. The average Bonchev–Trinajstić information content (AvgIpc) is 3.00. The topological polar surface area (TPSA) is 64.7 Å². The highest BCUT2D eigenvalue weighted by atomic mass is 35.5. The number of nitrogens with zero attached hydrogens (tertiary/aromatic N) is 2. The van der Waals surface area contributed by atoms with Gasteiger partial charge in [0.15, 0.2) is 0 Å². The highest BCUT2D eigenvalue weighted by Gasteiger charge is 2.33. The summed E-state index contributed by atoms with van der Waals surface area (Å²) in [7, 11) is 0. The van der Waals surface area contributed by atoms with Crippen LogP contribution >= 0.6 is 11.6 Å². The highest BCUT2D eigenvalue weighted by Crippen LogP contribution is 2.24. The molecular weight excluding hydrogens is 364 g/mol. The zero-order valence-corrected chi connectivity index (χ0v) is 16.8. The Balaban J connectivity index is 1.46. The molecule has 3 rings (SSSR count). The summed E-state index contributed by atoms with van der Waals surface area (Å²) in [5.41, 5.74) is 0.771. The van der Waals surface area contributed by atoms with E-state index in [2.05, 4.69) is 29.4 Å². The summed E-state index contributed by atoms with van der Waals surface area (Å²) in [5.74, 6) is 0.380. The van der Waals surface area contributed by atoms with E-state index in [-0.39, 0.29) is 11.9 Å². The van der Waals surface area contributed by atoms with Crippen LogP contribution in [0.4, 0.5) is 10.5 Å². The van der Waals surface area contributed by atoms with Crippen LogP contribution in [0.25, 0.3) is 0 Å². The van der Waals surface area contributed by atoms with Crippen molar-refractivity contribution in [2.45, 2.75) is 45.2 Å². The van der Waals surface area contributed by atoms with Crippen LogP contribution in [0.3, 0.4) is 0 Å². The predicted molar refractivity (Wildman–Crippen MR) is 108 cm³/mol. The number of rotatable bonds is 5. The molecule has 0 bridgehead atoms. The summed E-state index contributed by atoms with van der Waals surface area (Å²) in [6, 6.07) is 7.02. The van der Waals surface area contributed by atoms with Gasteiger partial charge in [-0.15, -0.1) is 0 Å². The number of amides is 3. The van der Waals surface area contributed by atoms with Crippen molar-refractivity contribution >= 4 is 29.2 Å². The van der Waals surface area contributed by atoms with E-state index in [1.165, 1.54) is 6.42 Å². The molecule has 2 saturated heterocycles. The fourth-order valence-electron chi connectivity index (χ4n) is 3.89. The first kappa shape index (κ1) is 20.0. The molecule has 2 aliphatic heterocycles. The smallest absolute Gasteiger partial charge is 0.315 e. The van der Waals surface area contributed by atoms with Crippen molar-refractivity contribution in [1.82, 2.24) is 15.5 Å². The Kier molecular flexibility index (Phi) is 6.60. The van der Waals surface area contributed by atoms with Crippen LogP contribution in [0.2, 0.25) is 5.02 Å². The number of benzene rings is 1. The summed E-state index contributed by atoms with van der Waals surface area (Å²) < 4.78 is 0. The van der Waals surface area contributed by atoms with Crippen molar-refractivity contribution in [2.24, 2.45) is 5.92 Å². The summed E-state index contributed by atoms with van der Waals surface area (Å²) in [5, 5.41) is 6.38. The van der Waals surface area contributed by atoms with E-state index in [9.17, 15) is 9.59 Å². The Hall–Kier alpha value is -1.79. The number of carbonyl (C=O) groups is 2. The molecule has 0 aliphatic carbocycles. The standard InChI is InChI=1S/C20H29ClN4O2/c1-14(2)24-9-4-5-15(13-24)12-22-20(27)23-18-8-10-25(19(18)26)17-7-3-6-16(21)11-17/h3,6-7,11,14-15,18H,4-5,8-10,12-13H2,1-2H3,(H2,22,23,27)/t15-,18+/m1/s1. The third-order valence-electron chi connectivity index (χ3n) is 5.46. The maximum absolute atomic E-state index is 12.6. The van der Waals surface area contributed by atoms with E-state index in [1.54, 1.807) is 17.0 Å². The molecule has 148 valence electrons. The van der Waals surface area contributed by atoms with Crippen molar-refractivity contribution in [1.29, 1.82) is 0 Å². The molecule has 7 heteroatoms. The number of piperidine rings is 1. The molecule has 2 N–H and O–H groups in total. The second-order valence-corrected chi connectivity index (χ2v) is 8.20. The first-order valence-corrected chi connectivity index (χ1v) is 10.2. The Morgan fingerprint density at radius 2 is 2.11 bits per heavy atom. The minimum absolute atomic E-state index is 0.0870. The van der Waals surface area contributed by atoms with Crippen LogP contribution in [0.5, 0.6) is 0 Å². The molecule has 0 unspecified atom stereocenters. The molecule has 2 aliphatic rings. The first-order valence-electron chi connectivity index (χ1n) is 9.79. The van der Waals surface area contributed by atoms with E-state index in [1.807, 2.05) is 12.1 Å². The van der Waals surface area contributed by atoms with Crippen molar-refractivity contribution in [3.05, 3.63) is 29.3 Å². The Morgan fingerprint density at radius 3 is 2.85 bits per heavy atom. The van der Waals surface area contributed by atoms with Gasteiger partial charge in [-0.1, -0.05) is 17.7 Å². The van der Waals surface area contributed by atoms with E-state index >= 15 is 0 Å². The lowest BCUT2D eigenvalue weighted by molar-refractivity contribution is -0.118. The zero-order chi connectivity index (χ0) is 19.4. The van der Waals surface area contributed by atoms with Gasteiger partial charge < -0.3 is 20.4 Å². The van der Waals surface area contributed by atoms with Gasteiger partial charge >= 0.3 is 6.03 Å². The van der Waals surface area contributed by atoms with Crippen LogP contribution in [0.1, 0.15) is 33.1 Å². The normalized spacial score (nSPS) is 23.7. The van der Waals surface area contributed by atoms with Gasteiger partial charge in [-0.2, -0.15) is 0 Å². The lowest BCUT2D eigenvalue weighted by Crippen LogP contribution is -2.49. The number of hydrogen-bond acceptors (Lipinski definition) is 3. The maximum atomic E-state index is 12.6. The minimum Gasteiger partial charge on any atom is -0.338 e. The summed E-state index contributed by atoms with van der Waals surface area (Å²) in [6.07, 6.45) is 2.90. The molecule has 27 heavy (non-hydrogen) atoms. The second-order valence-electron chi connectivity index (χ2n) is 7.76. The summed E-state index contributed by atoms with van der Waals surface area (Å²) >= 11 is 6.02. The van der Waals surface area contributed by atoms with Crippen molar-refractivity contribution in [3.8, 4) is 0 Å². The van der Waals surface area contributed by atoms with Crippen LogP contribution in [-0.2, 0) is 4.79 Å². The van der Waals surface area contributed by atoms with Crippen LogP contribution in [0, 0.1) is 5.92 Å². The molecule has 2 fully saturated rings. The third-order valence-corrected chi connectivity index (χ3v) is 5.70. The molecule has 1 aromatic carbocycles. The summed E-state index contributed by atoms with van der Waals surface area (Å²) in [6.45, 7) is 7.79. The molecule has 6 nitrogen and oxygen atoms in total. The van der Waals surface area contributed by atoms with Crippen LogP contribution in [0.15, 0.2) is 24.3 Å². The number of hydrogen-bond donors (Lipinski definition) is 2. The van der Waals surface area contributed by atoms with Crippen molar-refractivity contribution in [3.63, 3.8) is 0 Å². The molecular formula is C20H29ClN4O2. The number of halogens is 1. The molecule has 0 radical (unpaired) electrons. The molecule has 2 heterocycles. The summed E-state index contributed by atoms with van der Waals surface area (Å²) in [4.78, 5) is 29.0. The Bertz CT molecular complexity index is 682. The molecule has 0 aromatic heterocycles. The largest absolute Gasteiger partial charge is 0.338 e. The van der Waals surface area contributed by atoms with Crippen molar-refractivity contribution in [2.75, 3.05) is 31.1 Å². The fourth-order valence-corrected chi connectivity index (χ4v) is 4.08. The number of likely N-dealkylation sites (tertiary alicyclic amines) is 1. The molecule has 2 atom stereocenters. The van der Waals surface area contributed by atoms with Gasteiger partial charge in [0.2, 0.25) is 5.91 Å². The second kappa shape index (κ2) is 8.93. The first-order chi connectivity index (χ1) is 12.9. The number of carbonyl (C=O) groups excluding carboxylic acids is 2. The number of anilines is 1. The molecule has 0 saturated carbocycles. The van der Waals surface area contributed by atoms with Gasteiger partial charge in [0.05, 0.1) is 0 Å². The monoisotopic (exact) mass is 392 g/mol. The zero-order valence-electron chi connectivity index (χ0n) is 16.1. The maximum Gasteiger partial charge on any atom is 0.315 e. The van der Waals surface area contributed by atoms with Gasteiger partial charge in [-0.25, -0.2) is 4.79 Å². The van der Waals surface area contributed by atoms with Gasteiger partial charge in [-0.05, 0) is 63.8 Å². The Labute approximate surface area is 166 Å².